The minimum Gasteiger partial charge on any atom is -0.509 e. The van der Waals surface area contributed by atoms with Crippen molar-refractivity contribution < 1.29 is 60.8 Å². The van der Waals surface area contributed by atoms with Crippen molar-refractivity contribution in [3.05, 3.63) is 159 Å². The van der Waals surface area contributed by atoms with Crippen LogP contribution in [-0.4, -0.2) is 74.3 Å². The van der Waals surface area contributed by atoms with Crippen LogP contribution in [0.3, 0.4) is 0 Å². The van der Waals surface area contributed by atoms with E-state index >= 15 is 0 Å². The topological polar surface area (TPSA) is 118 Å². The first-order valence-corrected chi connectivity index (χ1v) is 19.5. The van der Waals surface area contributed by atoms with Gasteiger partial charge in [-0.05, 0) is 24.3 Å². The summed E-state index contributed by atoms with van der Waals surface area (Å²) in [6.45, 7) is 0. The van der Waals surface area contributed by atoms with Crippen LogP contribution in [0.4, 0.5) is 34.6 Å². The molecule has 14 nitrogen and oxygen atoms in total. The molecule has 0 atom stereocenters. The molecule has 0 fully saturated rings. The Hall–Kier alpha value is -7.58. The maximum Gasteiger partial charge on any atom is 2.00 e. The third-order valence-electron chi connectivity index (χ3n) is 10.5. The molecule has 4 aromatic carbocycles. The molecule has 0 saturated heterocycles. The largest absolute Gasteiger partial charge is 2.00 e. The summed E-state index contributed by atoms with van der Waals surface area (Å²) in [7, 11) is 3.76. The zero-order valence-corrected chi connectivity index (χ0v) is 38.1. The molecule has 10 aromatic rings. The van der Waals surface area contributed by atoms with Crippen LogP contribution in [0.5, 0.6) is 23.0 Å². The van der Waals surface area contributed by atoms with Crippen molar-refractivity contribution in [1.82, 2.24) is 48.2 Å². The van der Waals surface area contributed by atoms with Crippen molar-refractivity contribution >= 4 is 79.5 Å². The Balaban J connectivity index is 0.00000242. The van der Waals surface area contributed by atoms with E-state index in [1.165, 1.54) is 0 Å². The Morgan fingerprint density at radius 3 is 1.28 bits per heavy atom. The van der Waals surface area contributed by atoms with Gasteiger partial charge in [-0.2, -0.15) is 34.2 Å². The summed E-state index contributed by atoms with van der Waals surface area (Å²) in [5, 5.41) is 1.81. The molecule has 12 rings (SSSR count). The number of pyridine rings is 2. The van der Waals surface area contributed by atoms with Crippen LogP contribution in [-0.2, 0) is 42.1 Å². The van der Waals surface area contributed by atoms with Gasteiger partial charge >= 0.3 is 77.4 Å². The van der Waals surface area contributed by atoms with Gasteiger partial charge in [0.15, 0.2) is 12.4 Å². The first-order chi connectivity index (χ1) is 30.6. The molecule has 0 unspecified atom stereocenters. The third kappa shape index (κ3) is 6.68. The van der Waals surface area contributed by atoms with Gasteiger partial charge in [0.05, 0.1) is 23.8 Å². The van der Waals surface area contributed by atoms with Crippen molar-refractivity contribution in [1.29, 1.82) is 0 Å². The maximum absolute atomic E-state index is 6.49. The van der Waals surface area contributed by atoms with Crippen LogP contribution >= 0.6 is 0 Å². The van der Waals surface area contributed by atoms with Gasteiger partial charge in [-0.3, -0.25) is 0 Å². The zero-order valence-electron chi connectivity index (χ0n) is 33.5. The second kappa shape index (κ2) is 16.3. The fraction of sp³-hybridized carbons (Fsp3) is 0.0417. The average Bonchev–Trinajstić information content (AvgIpc) is 4.04. The summed E-state index contributed by atoms with van der Waals surface area (Å²) in [6.07, 6.45) is 10.2. The van der Waals surface area contributed by atoms with E-state index in [2.05, 4.69) is 65.4 Å². The number of hydrogen-bond donors (Lipinski definition) is 0. The molecule has 6 aromatic heterocycles. The summed E-state index contributed by atoms with van der Waals surface area (Å²) in [6, 6.07) is 51.4. The monoisotopic (exact) mass is 1190 g/mol. The number of rotatable bonds is 8. The first-order valence-electron chi connectivity index (χ1n) is 19.5. The van der Waals surface area contributed by atoms with Gasteiger partial charge in [-0.25, -0.2) is 9.97 Å². The number of hydrogen-bond acceptors (Lipinski definition) is 8. The Morgan fingerprint density at radius 1 is 0.438 bits per heavy atom. The number of nitrogens with zero attached hydrogens (tertiary/aromatic N) is 12. The van der Waals surface area contributed by atoms with Crippen molar-refractivity contribution in [3.8, 4) is 34.6 Å². The van der Waals surface area contributed by atoms with E-state index in [0.717, 1.165) is 32.8 Å². The number of benzene rings is 4. The zero-order chi connectivity index (χ0) is 41.3. The van der Waals surface area contributed by atoms with Crippen LogP contribution in [0.2, 0.25) is 0 Å². The van der Waals surface area contributed by atoms with E-state index in [9.17, 15) is 0 Å². The number of ether oxygens (including phenoxy) is 2. The molecule has 0 amide bonds. The molecule has 308 valence electrons. The molecule has 64 heavy (non-hydrogen) atoms. The summed E-state index contributed by atoms with van der Waals surface area (Å²) >= 11 is 0. The molecule has 2 aliphatic rings. The van der Waals surface area contributed by atoms with Crippen molar-refractivity contribution in [2.24, 2.45) is 0 Å². The fourth-order valence-electron chi connectivity index (χ4n) is 7.89. The van der Waals surface area contributed by atoms with Gasteiger partial charge in [0, 0.05) is 56.4 Å². The third-order valence-corrected chi connectivity index (χ3v) is 10.5. The average molecular weight is 1190 g/mol. The molecule has 0 N–H and O–H groups in total. The molecule has 0 radical (unpaired) electrons. The molecule has 0 aliphatic carbocycles. The number of aromatic nitrogens is 8. The summed E-state index contributed by atoms with van der Waals surface area (Å²) < 4.78 is 24.4. The van der Waals surface area contributed by atoms with E-state index < -0.39 is 0 Å². The van der Waals surface area contributed by atoms with E-state index in [-0.39, 0.29) is 42.1 Å². The Labute approximate surface area is 393 Å². The van der Waals surface area contributed by atoms with Crippen LogP contribution in [0.1, 0.15) is 0 Å². The second-order valence-electron chi connectivity index (χ2n) is 14.3. The van der Waals surface area contributed by atoms with Crippen molar-refractivity contribution in [2.75, 3.05) is 14.1 Å². The van der Waals surface area contributed by atoms with Crippen molar-refractivity contribution in [3.63, 3.8) is 0 Å². The normalized spacial score (nSPS) is 12.5. The van der Waals surface area contributed by atoms with Crippen LogP contribution in [0.15, 0.2) is 134 Å². The molecule has 16 heteroatoms. The molecule has 0 saturated carbocycles. The maximum atomic E-state index is 6.49. The van der Waals surface area contributed by atoms with Crippen LogP contribution in [0, 0.1) is 24.3 Å². The fourth-order valence-corrected chi connectivity index (χ4v) is 7.89. The summed E-state index contributed by atoms with van der Waals surface area (Å²) in [5.41, 5.74) is 4.72. The molecular weight excluding hydrogens is 1170 g/mol. The predicted octanol–water partition coefficient (Wildman–Crippen LogP) is 8.47. The standard InChI is InChI=1S/C48H28N12O2.2Pt/c1-55-29-57(47-45(55)51-21-23-53-47)31-9-7-11-33(25-31)61-35-15-17-37-39(27-35)59(41-13-3-5-19-49-41)44-38-18-16-36(28-40(38)60(43(37)44)42-14-4-6-20-50-42)62-34-12-8-10-32(26-34)58-30-56(2)46-48(58)54-24-22-52-46;;/h3-24H,1-2H3;;/q;2*+2. The van der Waals surface area contributed by atoms with Crippen molar-refractivity contribution in [2.45, 2.75) is 0 Å². The Morgan fingerprint density at radius 2 is 0.859 bits per heavy atom. The summed E-state index contributed by atoms with van der Waals surface area (Å²) in [4.78, 5) is 27.6. The van der Waals surface area contributed by atoms with Crippen LogP contribution < -0.4 is 18.6 Å². The van der Waals surface area contributed by atoms with Gasteiger partial charge in [-0.15, -0.1) is 62.3 Å². The summed E-state index contributed by atoms with van der Waals surface area (Å²) in [5.74, 6) is 6.12. The van der Waals surface area contributed by atoms with Gasteiger partial charge in [0.1, 0.15) is 25.7 Å². The second-order valence-corrected chi connectivity index (χ2v) is 14.3. The molecular formula is C48H28N12O2Pt2+4. The van der Waals surface area contributed by atoms with E-state index in [4.69, 9.17) is 19.4 Å². The van der Waals surface area contributed by atoms with Gasteiger partial charge < -0.3 is 18.6 Å². The first kappa shape index (κ1) is 40.5. The van der Waals surface area contributed by atoms with E-state index in [1.54, 1.807) is 46.3 Å². The molecule has 0 spiro atoms. The number of fused-ring (bicyclic) bond motifs is 7. The van der Waals surface area contributed by atoms with Gasteiger partial charge in [0.2, 0.25) is 0 Å². The molecule has 8 heterocycles. The van der Waals surface area contributed by atoms with E-state index in [0.29, 0.717) is 69.3 Å². The minimum absolute atomic E-state index is 0. The predicted molar refractivity (Wildman–Crippen MR) is 230 cm³/mol. The van der Waals surface area contributed by atoms with E-state index in [1.807, 2.05) is 120 Å². The minimum atomic E-state index is 0. The smallest absolute Gasteiger partial charge is 0.509 e. The van der Waals surface area contributed by atoms with Crippen LogP contribution in [0.25, 0.3) is 44.5 Å². The Kier molecular flexibility index (Phi) is 10.3. The van der Waals surface area contributed by atoms with Gasteiger partial charge in [-0.1, -0.05) is 50.6 Å². The van der Waals surface area contributed by atoms with Gasteiger partial charge in [0.25, 0.3) is 0 Å². The molecule has 0 bridgehead atoms. The Bertz CT molecular complexity index is 3410. The molecule has 2 aliphatic heterocycles. The SMILES string of the molecule is C[N+]1=C=[N+](c2[c-]c(Oc3[c-]c4c(cc3)c3c(c5ccc(Oc6[c-]c([N+]7=C=[N+](C)c8nccnc87)ccc6)[c-]c5n3-c3ccccn3)n4-c3ccccn3)ccc2)c2nccnc21.[Pt+2].[Pt+2]. The quantitative estimate of drug-likeness (QED) is 0.110.